The molecule has 0 saturated carbocycles. The molecule has 4 nitrogen and oxygen atoms in total. The Morgan fingerprint density at radius 2 is 1.94 bits per heavy atom. The lowest BCUT2D eigenvalue weighted by Crippen LogP contribution is -2.44. The summed E-state index contributed by atoms with van der Waals surface area (Å²) in [6, 6.07) is 8.38. The molecule has 0 aromatic heterocycles. The fraction of sp³-hybridized carbons (Fsp3) is 0.385. The van der Waals surface area contributed by atoms with Crippen molar-refractivity contribution in [3.63, 3.8) is 0 Å². The number of amides is 1. The molecule has 1 amide bonds. The minimum Gasteiger partial charge on any atom is -0.480 e. The molecular weight excluding hydrogens is 250 g/mol. The maximum atomic E-state index is 12.0. The molecule has 1 rings (SSSR count). The summed E-state index contributed by atoms with van der Waals surface area (Å²) < 4.78 is 0. The van der Waals surface area contributed by atoms with Gasteiger partial charge in [-0.1, -0.05) is 37.3 Å². The van der Waals surface area contributed by atoms with Gasteiger partial charge < -0.3 is 10.4 Å². The van der Waals surface area contributed by atoms with E-state index in [1.54, 1.807) is 0 Å². The Kier molecular flexibility index (Phi) is 5.71. The fourth-order valence-corrected chi connectivity index (χ4v) is 1.96. The van der Waals surface area contributed by atoms with Gasteiger partial charge in [-0.2, -0.15) is 12.6 Å². The molecule has 0 bridgehead atoms. The van der Waals surface area contributed by atoms with Gasteiger partial charge in [0.25, 0.3) is 0 Å². The number of carbonyl (C=O) groups excluding carboxylic acids is 1. The Morgan fingerprint density at radius 1 is 1.33 bits per heavy atom. The third-order valence-corrected chi connectivity index (χ3v) is 3.09. The van der Waals surface area contributed by atoms with E-state index < -0.39 is 12.0 Å². The van der Waals surface area contributed by atoms with Gasteiger partial charge in [-0.15, -0.1) is 0 Å². The Bertz CT molecular complexity index is 408. The second kappa shape index (κ2) is 7.06. The summed E-state index contributed by atoms with van der Waals surface area (Å²) in [5, 5.41) is 11.4. The number of hydrogen-bond acceptors (Lipinski definition) is 3. The van der Waals surface area contributed by atoms with Gasteiger partial charge in [0.1, 0.15) is 6.04 Å². The summed E-state index contributed by atoms with van der Waals surface area (Å²) in [6.07, 6.45) is 0.620. The van der Waals surface area contributed by atoms with Crippen LogP contribution >= 0.6 is 12.6 Å². The number of rotatable bonds is 6. The predicted octanol–water partition coefficient (Wildman–Crippen LogP) is 1.68. The van der Waals surface area contributed by atoms with Gasteiger partial charge >= 0.3 is 5.97 Å². The molecule has 98 valence electrons. The van der Waals surface area contributed by atoms with Crippen LogP contribution in [0, 0.1) is 0 Å². The van der Waals surface area contributed by atoms with E-state index >= 15 is 0 Å². The van der Waals surface area contributed by atoms with E-state index in [0.717, 1.165) is 5.56 Å². The van der Waals surface area contributed by atoms with E-state index in [4.69, 9.17) is 5.11 Å². The molecule has 18 heavy (non-hydrogen) atoms. The highest BCUT2D eigenvalue weighted by molar-refractivity contribution is 7.80. The number of nitrogens with one attached hydrogen (secondary N) is 1. The zero-order valence-electron chi connectivity index (χ0n) is 10.2. The molecular formula is C13H17NO3S. The normalized spacial score (nSPS) is 13.7. The van der Waals surface area contributed by atoms with Crippen molar-refractivity contribution in [1.29, 1.82) is 0 Å². The van der Waals surface area contributed by atoms with Crippen molar-refractivity contribution in [2.45, 2.75) is 25.3 Å². The number of benzene rings is 1. The van der Waals surface area contributed by atoms with E-state index in [0.29, 0.717) is 6.42 Å². The number of carboxylic acid groups (broad SMARTS) is 1. The fourth-order valence-electron chi connectivity index (χ4n) is 1.72. The molecule has 0 saturated heterocycles. The first-order valence-corrected chi connectivity index (χ1v) is 6.42. The first kappa shape index (κ1) is 14.6. The van der Waals surface area contributed by atoms with Crippen molar-refractivity contribution in [3.8, 4) is 0 Å². The topological polar surface area (TPSA) is 66.4 Å². The summed E-state index contributed by atoms with van der Waals surface area (Å²) in [7, 11) is 0. The van der Waals surface area contributed by atoms with Crippen LogP contribution in [0.25, 0.3) is 0 Å². The van der Waals surface area contributed by atoms with E-state index in [-0.39, 0.29) is 17.6 Å². The number of aliphatic carboxylic acids is 1. The SMILES string of the molecule is CCC(C(=O)N[C@@H](CS)C(=O)O)c1ccccc1. The van der Waals surface area contributed by atoms with Crippen LogP contribution in [0.4, 0.5) is 0 Å². The van der Waals surface area contributed by atoms with E-state index in [1.807, 2.05) is 37.3 Å². The first-order valence-electron chi connectivity index (χ1n) is 5.79. The molecule has 0 spiro atoms. The minimum atomic E-state index is -1.07. The highest BCUT2D eigenvalue weighted by atomic mass is 32.1. The molecule has 0 radical (unpaired) electrons. The molecule has 0 heterocycles. The number of hydrogen-bond donors (Lipinski definition) is 3. The van der Waals surface area contributed by atoms with E-state index in [1.165, 1.54) is 0 Å². The van der Waals surface area contributed by atoms with Crippen molar-refractivity contribution in [3.05, 3.63) is 35.9 Å². The van der Waals surface area contributed by atoms with Crippen LogP contribution in [0.15, 0.2) is 30.3 Å². The lowest BCUT2D eigenvalue weighted by molar-refractivity contribution is -0.141. The zero-order valence-corrected chi connectivity index (χ0v) is 11.1. The molecule has 1 aromatic rings. The van der Waals surface area contributed by atoms with Gasteiger partial charge in [-0.25, -0.2) is 4.79 Å². The second-order valence-electron chi connectivity index (χ2n) is 3.95. The summed E-state index contributed by atoms with van der Waals surface area (Å²) in [5.41, 5.74) is 0.890. The van der Waals surface area contributed by atoms with Crippen molar-refractivity contribution in [2.24, 2.45) is 0 Å². The molecule has 0 aliphatic heterocycles. The average molecular weight is 267 g/mol. The van der Waals surface area contributed by atoms with Crippen molar-refractivity contribution in [2.75, 3.05) is 5.75 Å². The molecule has 0 fully saturated rings. The second-order valence-corrected chi connectivity index (χ2v) is 4.32. The summed E-state index contributed by atoms with van der Waals surface area (Å²) >= 11 is 3.92. The first-order chi connectivity index (χ1) is 8.60. The lowest BCUT2D eigenvalue weighted by atomic mass is 9.95. The van der Waals surface area contributed by atoms with Crippen LogP contribution in [0.2, 0.25) is 0 Å². The lowest BCUT2D eigenvalue weighted by Gasteiger charge is -2.18. The molecule has 5 heteroatoms. The minimum absolute atomic E-state index is 0.0757. The summed E-state index contributed by atoms with van der Waals surface area (Å²) in [5.74, 6) is -1.59. The third-order valence-electron chi connectivity index (χ3n) is 2.72. The zero-order chi connectivity index (χ0) is 13.5. The standard InChI is InChI=1S/C13H17NO3S/c1-2-10(9-6-4-3-5-7-9)12(15)14-11(8-18)13(16)17/h3-7,10-11,18H,2,8H2,1H3,(H,14,15)(H,16,17)/t10?,11-/m0/s1. The smallest absolute Gasteiger partial charge is 0.327 e. The maximum absolute atomic E-state index is 12.0. The Balaban J connectivity index is 2.78. The Morgan fingerprint density at radius 3 is 2.39 bits per heavy atom. The third kappa shape index (κ3) is 3.77. The van der Waals surface area contributed by atoms with Crippen LogP contribution in [0.1, 0.15) is 24.8 Å². The molecule has 0 aliphatic rings. The van der Waals surface area contributed by atoms with Gasteiger partial charge in [0.2, 0.25) is 5.91 Å². The van der Waals surface area contributed by atoms with Crippen LogP contribution in [-0.4, -0.2) is 28.8 Å². The summed E-state index contributed by atoms with van der Waals surface area (Å²) in [4.78, 5) is 22.9. The molecule has 1 aromatic carbocycles. The van der Waals surface area contributed by atoms with Crippen LogP contribution in [0.3, 0.4) is 0 Å². The molecule has 0 aliphatic carbocycles. The predicted molar refractivity (Wildman–Crippen MR) is 72.9 cm³/mol. The summed E-state index contributed by atoms with van der Waals surface area (Å²) in [6.45, 7) is 1.90. The quantitative estimate of drug-likeness (QED) is 0.687. The Hall–Kier alpha value is -1.49. The molecule has 1 unspecified atom stereocenters. The van der Waals surface area contributed by atoms with Gasteiger partial charge in [-0.05, 0) is 12.0 Å². The van der Waals surface area contributed by atoms with Gasteiger partial charge in [0.15, 0.2) is 0 Å². The van der Waals surface area contributed by atoms with Crippen LogP contribution in [-0.2, 0) is 9.59 Å². The van der Waals surface area contributed by atoms with Gasteiger partial charge in [0, 0.05) is 5.75 Å². The number of carboxylic acids is 1. The highest BCUT2D eigenvalue weighted by Crippen LogP contribution is 2.19. The average Bonchev–Trinajstić information content (AvgIpc) is 2.37. The molecule has 2 N–H and O–H groups in total. The Labute approximate surface area is 112 Å². The van der Waals surface area contributed by atoms with Gasteiger partial charge in [-0.3, -0.25) is 4.79 Å². The highest BCUT2D eigenvalue weighted by Gasteiger charge is 2.24. The van der Waals surface area contributed by atoms with Crippen LogP contribution < -0.4 is 5.32 Å². The van der Waals surface area contributed by atoms with Crippen molar-refractivity contribution >= 4 is 24.5 Å². The largest absolute Gasteiger partial charge is 0.480 e. The monoisotopic (exact) mass is 267 g/mol. The van der Waals surface area contributed by atoms with Crippen molar-refractivity contribution in [1.82, 2.24) is 5.32 Å². The van der Waals surface area contributed by atoms with Crippen molar-refractivity contribution < 1.29 is 14.7 Å². The van der Waals surface area contributed by atoms with Gasteiger partial charge in [0.05, 0.1) is 5.92 Å². The van der Waals surface area contributed by atoms with E-state index in [9.17, 15) is 9.59 Å². The van der Waals surface area contributed by atoms with E-state index in [2.05, 4.69) is 17.9 Å². The number of carbonyl (C=O) groups is 2. The maximum Gasteiger partial charge on any atom is 0.327 e. The number of thiol groups is 1. The van der Waals surface area contributed by atoms with Crippen LogP contribution in [0.5, 0.6) is 0 Å². The molecule has 2 atom stereocenters.